The number of aliphatic hydroxyl groups excluding tert-OH is 1. The van der Waals surface area contributed by atoms with Crippen molar-refractivity contribution in [2.45, 2.75) is 38.3 Å². The number of hydrogen-bond acceptors (Lipinski definition) is 3. The van der Waals surface area contributed by atoms with Crippen molar-refractivity contribution in [2.24, 2.45) is 0 Å². The molecule has 1 aliphatic rings. The van der Waals surface area contributed by atoms with Crippen LogP contribution in [0.5, 0.6) is 0 Å². The van der Waals surface area contributed by atoms with E-state index in [1.165, 1.54) is 0 Å². The maximum atomic E-state index is 10.9. The zero-order valence-corrected chi connectivity index (χ0v) is 7.94. The fourth-order valence-corrected chi connectivity index (χ4v) is 2.02. The molecule has 0 radical (unpaired) electrons. The Morgan fingerprint density at radius 3 is 2.85 bits per heavy atom. The van der Waals surface area contributed by atoms with E-state index >= 15 is 0 Å². The van der Waals surface area contributed by atoms with Gasteiger partial charge in [-0.15, -0.1) is 0 Å². The lowest BCUT2D eigenvalue weighted by atomic mass is 10.1. The number of carboxylic acid groups (broad SMARTS) is 1. The van der Waals surface area contributed by atoms with E-state index < -0.39 is 12.0 Å². The van der Waals surface area contributed by atoms with Crippen LogP contribution in [0, 0.1) is 0 Å². The van der Waals surface area contributed by atoms with Gasteiger partial charge in [-0.25, -0.2) is 0 Å². The summed E-state index contributed by atoms with van der Waals surface area (Å²) in [5.41, 5.74) is 0. The highest BCUT2D eigenvalue weighted by atomic mass is 16.4. The van der Waals surface area contributed by atoms with Gasteiger partial charge in [0.2, 0.25) is 0 Å². The Hall–Kier alpha value is -0.610. The minimum atomic E-state index is -0.775. The number of aliphatic hydroxyl groups is 1. The van der Waals surface area contributed by atoms with Gasteiger partial charge in [-0.3, -0.25) is 9.69 Å². The van der Waals surface area contributed by atoms with Crippen LogP contribution < -0.4 is 0 Å². The van der Waals surface area contributed by atoms with Gasteiger partial charge in [-0.2, -0.15) is 0 Å². The lowest BCUT2D eigenvalue weighted by molar-refractivity contribution is -0.144. The molecule has 0 bridgehead atoms. The van der Waals surface area contributed by atoms with E-state index in [0.29, 0.717) is 6.42 Å². The molecule has 2 N–H and O–H groups in total. The summed E-state index contributed by atoms with van der Waals surface area (Å²) in [6, 6.07) is -0.360. The number of rotatable bonds is 4. The molecule has 1 aliphatic heterocycles. The van der Waals surface area contributed by atoms with Crippen molar-refractivity contribution in [2.75, 3.05) is 13.2 Å². The molecule has 0 aromatic heterocycles. The minimum Gasteiger partial charge on any atom is -0.480 e. The van der Waals surface area contributed by atoms with Gasteiger partial charge < -0.3 is 10.2 Å². The summed E-state index contributed by atoms with van der Waals surface area (Å²) < 4.78 is 0. The SMILES string of the molecule is CCC(C(=O)O)N1CCC[C@H]1CO. The number of likely N-dealkylation sites (tertiary alicyclic amines) is 1. The molecule has 2 atom stereocenters. The summed E-state index contributed by atoms with van der Waals surface area (Å²) in [4.78, 5) is 12.8. The molecule has 1 unspecified atom stereocenters. The quantitative estimate of drug-likeness (QED) is 0.665. The first-order valence-electron chi connectivity index (χ1n) is 4.80. The maximum Gasteiger partial charge on any atom is 0.320 e. The van der Waals surface area contributed by atoms with Crippen LogP contribution in [-0.4, -0.2) is 46.3 Å². The van der Waals surface area contributed by atoms with Crippen molar-refractivity contribution in [3.63, 3.8) is 0 Å². The molecule has 1 rings (SSSR count). The zero-order valence-electron chi connectivity index (χ0n) is 7.94. The first-order valence-corrected chi connectivity index (χ1v) is 4.80. The molecule has 4 heteroatoms. The first kappa shape index (κ1) is 10.5. The first-order chi connectivity index (χ1) is 6.20. The maximum absolute atomic E-state index is 10.9. The molecule has 13 heavy (non-hydrogen) atoms. The molecular formula is C9H17NO3. The van der Waals surface area contributed by atoms with Crippen LogP contribution in [0.2, 0.25) is 0 Å². The number of carbonyl (C=O) groups is 1. The van der Waals surface area contributed by atoms with Crippen LogP contribution in [0.4, 0.5) is 0 Å². The molecule has 0 saturated carbocycles. The highest BCUT2D eigenvalue weighted by molar-refractivity contribution is 5.73. The summed E-state index contributed by atoms with van der Waals surface area (Å²) >= 11 is 0. The normalized spacial score (nSPS) is 26.2. The van der Waals surface area contributed by atoms with Crippen LogP contribution in [-0.2, 0) is 4.79 Å². The third-order valence-electron chi connectivity index (χ3n) is 2.71. The Morgan fingerprint density at radius 2 is 2.38 bits per heavy atom. The lowest BCUT2D eigenvalue weighted by Crippen LogP contribution is -2.45. The van der Waals surface area contributed by atoms with E-state index in [9.17, 15) is 4.79 Å². The Labute approximate surface area is 78.2 Å². The molecule has 0 aromatic rings. The standard InChI is InChI=1S/C9H17NO3/c1-2-8(9(12)13)10-5-3-4-7(10)6-11/h7-8,11H,2-6H2,1H3,(H,12,13)/t7-,8?/m0/s1. The molecule has 0 spiro atoms. The Bertz CT molecular complexity index is 184. The second-order valence-electron chi connectivity index (χ2n) is 3.48. The minimum absolute atomic E-state index is 0.0565. The van der Waals surface area contributed by atoms with Crippen LogP contribution >= 0.6 is 0 Å². The molecule has 1 heterocycles. The van der Waals surface area contributed by atoms with Crippen molar-refractivity contribution in [1.82, 2.24) is 4.90 Å². The third-order valence-corrected chi connectivity index (χ3v) is 2.71. The number of aliphatic carboxylic acids is 1. The van der Waals surface area contributed by atoms with E-state index in [1.54, 1.807) is 0 Å². The molecule has 76 valence electrons. The van der Waals surface area contributed by atoms with Crippen LogP contribution in [0.3, 0.4) is 0 Å². The van der Waals surface area contributed by atoms with Gasteiger partial charge in [-0.05, 0) is 25.8 Å². The van der Waals surface area contributed by atoms with E-state index in [4.69, 9.17) is 10.2 Å². The summed E-state index contributed by atoms with van der Waals surface area (Å²) in [6.07, 6.45) is 2.51. The zero-order chi connectivity index (χ0) is 9.84. The summed E-state index contributed by atoms with van der Waals surface area (Å²) in [6.45, 7) is 2.74. The van der Waals surface area contributed by atoms with Crippen LogP contribution in [0.1, 0.15) is 26.2 Å². The molecule has 1 saturated heterocycles. The molecule has 0 amide bonds. The monoisotopic (exact) mass is 187 g/mol. The molecule has 4 nitrogen and oxygen atoms in total. The smallest absolute Gasteiger partial charge is 0.320 e. The van der Waals surface area contributed by atoms with Crippen LogP contribution in [0.25, 0.3) is 0 Å². The van der Waals surface area contributed by atoms with Gasteiger partial charge in [-0.1, -0.05) is 6.92 Å². The molecule has 1 fully saturated rings. The highest BCUT2D eigenvalue weighted by Crippen LogP contribution is 2.21. The topological polar surface area (TPSA) is 60.8 Å². The van der Waals surface area contributed by atoms with E-state index in [2.05, 4.69) is 0 Å². The average molecular weight is 187 g/mol. The van der Waals surface area contributed by atoms with Gasteiger partial charge in [0, 0.05) is 6.04 Å². The van der Waals surface area contributed by atoms with E-state index in [0.717, 1.165) is 19.4 Å². The van der Waals surface area contributed by atoms with Gasteiger partial charge in [0.05, 0.1) is 6.61 Å². The summed E-state index contributed by atoms with van der Waals surface area (Å²) in [5, 5.41) is 18.0. The number of hydrogen-bond donors (Lipinski definition) is 2. The summed E-state index contributed by atoms with van der Waals surface area (Å²) in [7, 11) is 0. The Kier molecular flexibility index (Phi) is 3.69. The summed E-state index contributed by atoms with van der Waals surface area (Å²) in [5.74, 6) is -0.775. The second-order valence-corrected chi connectivity index (χ2v) is 3.48. The van der Waals surface area contributed by atoms with Crippen molar-refractivity contribution < 1.29 is 15.0 Å². The number of carboxylic acids is 1. The van der Waals surface area contributed by atoms with Gasteiger partial charge in [0.25, 0.3) is 0 Å². The van der Waals surface area contributed by atoms with Crippen molar-refractivity contribution >= 4 is 5.97 Å². The van der Waals surface area contributed by atoms with Crippen molar-refractivity contribution in [3.05, 3.63) is 0 Å². The predicted molar refractivity (Wildman–Crippen MR) is 48.5 cm³/mol. The molecule has 0 aliphatic carbocycles. The second kappa shape index (κ2) is 4.58. The lowest BCUT2D eigenvalue weighted by Gasteiger charge is -2.28. The van der Waals surface area contributed by atoms with Crippen molar-refractivity contribution in [3.8, 4) is 0 Å². The largest absolute Gasteiger partial charge is 0.480 e. The van der Waals surface area contributed by atoms with Gasteiger partial charge in [0.15, 0.2) is 0 Å². The van der Waals surface area contributed by atoms with Crippen molar-refractivity contribution in [1.29, 1.82) is 0 Å². The third kappa shape index (κ3) is 2.19. The van der Waals surface area contributed by atoms with Gasteiger partial charge >= 0.3 is 5.97 Å². The molecule has 0 aromatic carbocycles. The highest BCUT2D eigenvalue weighted by Gasteiger charge is 2.32. The predicted octanol–water partition coefficient (Wildman–Crippen LogP) is 0.306. The van der Waals surface area contributed by atoms with E-state index in [-0.39, 0.29) is 12.6 Å². The Morgan fingerprint density at radius 1 is 1.69 bits per heavy atom. The fourth-order valence-electron chi connectivity index (χ4n) is 2.02. The van der Waals surface area contributed by atoms with Gasteiger partial charge in [0.1, 0.15) is 6.04 Å². The fraction of sp³-hybridized carbons (Fsp3) is 0.889. The van der Waals surface area contributed by atoms with E-state index in [1.807, 2.05) is 11.8 Å². The Balaban J connectivity index is 2.61. The average Bonchev–Trinajstić information content (AvgIpc) is 2.53. The molecular weight excluding hydrogens is 170 g/mol. The number of nitrogens with zero attached hydrogens (tertiary/aromatic N) is 1. The van der Waals surface area contributed by atoms with Crippen LogP contribution in [0.15, 0.2) is 0 Å².